The third-order valence-electron chi connectivity index (χ3n) is 2.99. The highest BCUT2D eigenvalue weighted by molar-refractivity contribution is 5.39. The molecule has 0 unspecified atom stereocenters. The Labute approximate surface area is 105 Å². The van der Waals surface area contributed by atoms with Crippen molar-refractivity contribution in [2.24, 2.45) is 0 Å². The molecule has 0 amide bonds. The van der Waals surface area contributed by atoms with Gasteiger partial charge in [-0.3, -0.25) is 0 Å². The summed E-state index contributed by atoms with van der Waals surface area (Å²) in [6, 6.07) is 11.2. The van der Waals surface area contributed by atoms with Crippen LogP contribution >= 0.6 is 0 Å². The summed E-state index contributed by atoms with van der Waals surface area (Å²) < 4.78 is 25.8. The molecule has 0 saturated carbocycles. The molecule has 0 heterocycles. The molecule has 0 fully saturated rings. The molecule has 0 spiro atoms. The first-order chi connectivity index (χ1) is 8.56. The predicted octanol–water partition coefficient (Wildman–Crippen LogP) is 3.42. The maximum atomic E-state index is 12.9. The number of hydrogen-bond acceptors (Lipinski definition) is 1. The first-order valence-electron chi connectivity index (χ1n) is 5.61. The maximum absolute atomic E-state index is 12.9. The smallest absolute Gasteiger partial charge is 0.123 e. The molecule has 1 radical (unpaired) electrons. The molecule has 2 aromatic carbocycles. The van der Waals surface area contributed by atoms with Gasteiger partial charge in [-0.25, -0.2) is 8.78 Å². The Morgan fingerprint density at radius 2 is 1.17 bits per heavy atom. The van der Waals surface area contributed by atoms with Gasteiger partial charge >= 0.3 is 0 Å². The van der Waals surface area contributed by atoms with E-state index < -0.39 is 5.60 Å². The lowest BCUT2D eigenvalue weighted by Crippen LogP contribution is -2.26. The Hall–Kier alpha value is -1.74. The number of benzene rings is 2. The lowest BCUT2D eigenvalue weighted by molar-refractivity contribution is 0.117. The van der Waals surface area contributed by atoms with Crippen LogP contribution in [0.4, 0.5) is 8.78 Å². The molecule has 1 nitrogen and oxygen atoms in total. The van der Waals surface area contributed by atoms with Gasteiger partial charge < -0.3 is 5.11 Å². The Kier molecular flexibility index (Phi) is 3.43. The lowest BCUT2D eigenvalue weighted by atomic mass is 9.84. The third kappa shape index (κ3) is 2.27. The summed E-state index contributed by atoms with van der Waals surface area (Å²) in [6.45, 7) is 1.70. The molecule has 0 aliphatic rings. The van der Waals surface area contributed by atoms with Crippen LogP contribution < -0.4 is 0 Å². The van der Waals surface area contributed by atoms with Crippen LogP contribution in [0.25, 0.3) is 0 Å². The van der Waals surface area contributed by atoms with Gasteiger partial charge in [0.1, 0.15) is 17.2 Å². The molecule has 0 aliphatic heterocycles. The molecule has 18 heavy (non-hydrogen) atoms. The van der Waals surface area contributed by atoms with E-state index in [0.29, 0.717) is 11.1 Å². The van der Waals surface area contributed by atoms with E-state index in [2.05, 4.69) is 0 Å². The SMILES string of the molecule is C[CH]C(O)(c1ccc(F)cc1)c1ccc(F)cc1. The van der Waals surface area contributed by atoms with Crippen molar-refractivity contribution in [2.45, 2.75) is 12.5 Å². The van der Waals surface area contributed by atoms with Crippen molar-refractivity contribution in [1.82, 2.24) is 0 Å². The van der Waals surface area contributed by atoms with E-state index in [0.717, 1.165) is 0 Å². The summed E-state index contributed by atoms with van der Waals surface area (Å²) in [5.41, 5.74) is -0.266. The zero-order valence-electron chi connectivity index (χ0n) is 9.90. The van der Waals surface area contributed by atoms with Gasteiger partial charge in [-0.15, -0.1) is 0 Å². The number of hydrogen-bond donors (Lipinski definition) is 1. The molecule has 0 bridgehead atoms. The first-order valence-corrected chi connectivity index (χ1v) is 5.61. The van der Waals surface area contributed by atoms with Crippen molar-refractivity contribution in [1.29, 1.82) is 0 Å². The second-order valence-electron chi connectivity index (χ2n) is 4.07. The molecule has 3 heteroatoms. The number of aliphatic hydroxyl groups is 1. The standard InChI is InChI=1S/C15H13F2O/c1-2-15(18,11-3-7-13(16)8-4-11)12-5-9-14(17)10-6-12/h2-10,18H,1H3. The van der Waals surface area contributed by atoms with E-state index in [1.54, 1.807) is 13.3 Å². The molecule has 1 N–H and O–H groups in total. The van der Waals surface area contributed by atoms with Gasteiger partial charge in [0.05, 0.1) is 0 Å². The predicted molar refractivity (Wildman–Crippen MR) is 65.8 cm³/mol. The molecule has 2 rings (SSSR count). The van der Waals surface area contributed by atoms with Gasteiger partial charge in [-0.1, -0.05) is 31.2 Å². The van der Waals surface area contributed by atoms with Gasteiger partial charge in [0.2, 0.25) is 0 Å². The summed E-state index contributed by atoms with van der Waals surface area (Å²) in [5.74, 6) is -0.729. The highest BCUT2D eigenvalue weighted by Gasteiger charge is 2.29. The molecular formula is C15H13F2O. The zero-order chi connectivity index (χ0) is 13.2. The molecule has 93 valence electrons. The fourth-order valence-electron chi connectivity index (χ4n) is 1.91. The second kappa shape index (κ2) is 4.86. The average Bonchev–Trinajstić information content (AvgIpc) is 2.39. The fourth-order valence-corrected chi connectivity index (χ4v) is 1.91. The van der Waals surface area contributed by atoms with Crippen molar-refractivity contribution in [3.05, 3.63) is 77.7 Å². The Morgan fingerprint density at radius 1 is 0.833 bits per heavy atom. The molecule has 0 saturated heterocycles. The van der Waals surface area contributed by atoms with E-state index in [-0.39, 0.29) is 11.6 Å². The summed E-state index contributed by atoms with van der Waals surface area (Å²) in [6.07, 6.45) is 1.59. The summed E-state index contributed by atoms with van der Waals surface area (Å²) >= 11 is 0. The van der Waals surface area contributed by atoms with Crippen LogP contribution in [-0.4, -0.2) is 5.11 Å². The van der Waals surface area contributed by atoms with Crippen LogP contribution in [0.3, 0.4) is 0 Å². The topological polar surface area (TPSA) is 20.2 Å². The van der Waals surface area contributed by atoms with Gasteiger partial charge in [-0.2, -0.15) is 0 Å². The lowest BCUT2D eigenvalue weighted by Gasteiger charge is -2.27. The summed E-state index contributed by atoms with van der Waals surface area (Å²) in [5, 5.41) is 10.6. The number of halogens is 2. The second-order valence-corrected chi connectivity index (χ2v) is 4.07. The average molecular weight is 247 g/mol. The quantitative estimate of drug-likeness (QED) is 0.881. The van der Waals surface area contributed by atoms with E-state index >= 15 is 0 Å². The normalized spacial score (nSPS) is 11.6. The maximum Gasteiger partial charge on any atom is 0.123 e. The van der Waals surface area contributed by atoms with E-state index in [9.17, 15) is 13.9 Å². The molecule has 0 aromatic heterocycles. The fraction of sp³-hybridized carbons (Fsp3) is 0.133. The van der Waals surface area contributed by atoms with Crippen LogP contribution in [0.15, 0.2) is 48.5 Å². The van der Waals surface area contributed by atoms with Gasteiger partial charge in [-0.05, 0) is 41.8 Å². The minimum Gasteiger partial charge on any atom is -0.380 e. The van der Waals surface area contributed by atoms with Crippen LogP contribution in [0.2, 0.25) is 0 Å². The summed E-state index contributed by atoms with van der Waals surface area (Å²) in [4.78, 5) is 0. The van der Waals surface area contributed by atoms with Gasteiger partial charge in [0, 0.05) is 0 Å². The van der Waals surface area contributed by atoms with E-state index in [1.807, 2.05) is 0 Å². The number of rotatable bonds is 3. The van der Waals surface area contributed by atoms with Crippen LogP contribution in [0.5, 0.6) is 0 Å². The Balaban J connectivity index is 2.47. The van der Waals surface area contributed by atoms with E-state index in [1.165, 1.54) is 48.5 Å². The van der Waals surface area contributed by atoms with Crippen molar-refractivity contribution >= 4 is 0 Å². The van der Waals surface area contributed by atoms with E-state index in [4.69, 9.17) is 0 Å². The van der Waals surface area contributed by atoms with Crippen LogP contribution in [-0.2, 0) is 5.60 Å². The van der Waals surface area contributed by atoms with Crippen LogP contribution in [0.1, 0.15) is 18.1 Å². The first kappa shape index (κ1) is 12.7. The third-order valence-corrected chi connectivity index (χ3v) is 2.99. The van der Waals surface area contributed by atoms with Crippen molar-refractivity contribution in [2.75, 3.05) is 0 Å². The Bertz CT molecular complexity index is 472. The van der Waals surface area contributed by atoms with Gasteiger partial charge in [0.25, 0.3) is 0 Å². The molecule has 0 atom stereocenters. The summed E-state index contributed by atoms with van der Waals surface area (Å²) in [7, 11) is 0. The zero-order valence-corrected chi connectivity index (χ0v) is 9.90. The minimum atomic E-state index is -1.35. The molecule has 0 aliphatic carbocycles. The van der Waals surface area contributed by atoms with Crippen molar-refractivity contribution < 1.29 is 13.9 Å². The van der Waals surface area contributed by atoms with Crippen molar-refractivity contribution in [3.63, 3.8) is 0 Å². The van der Waals surface area contributed by atoms with Crippen LogP contribution in [0, 0.1) is 18.1 Å². The highest BCUT2D eigenvalue weighted by atomic mass is 19.1. The highest BCUT2D eigenvalue weighted by Crippen LogP contribution is 2.32. The Morgan fingerprint density at radius 3 is 1.44 bits per heavy atom. The minimum absolute atomic E-state index is 0.365. The largest absolute Gasteiger partial charge is 0.380 e. The molecule has 2 aromatic rings. The molecular weight excluding hydrogens is 234 g/mol. The monoisotopic (exact) mass is 247 g/mol. The van der Waals surface area contributed by atoms with Gasteiger partial charge in [0.15, 0.2) is 0 Å². The van der Waals surface area contributed by atoms with Crippen molar-refractivity contribution in [3.8, 4) is 0 Å².